The minimum absolute atomic E-state index is 0.0612. The Morgan fingerprint density at radius 2 is 2.09 bits per heavy atom. The summed E-state index contributed by atoms with van der Waals surface area (Å²) in [5.74, 6) is -0.424. The molecule has 0 rings (SSSR count). The van der Waals surface area contributed by atoms with Crippen molar-refractivity contribution in [3.8, 4) is 0 Å². The van der Waals surface area contributed by atoms with Gasteiger partial charge in [-0.3, -0.25) is 9.59 Å². The van der Waals surface area contributed by atoms with Crippen LogP contribution in [0.25, 0.3) is 0 Å². The van der Waals surface area contributed by atoms with E-state index in [4.69, 9.17) is 0 Å². The maximum atomic E-state index is 10.6. The number of nitrogens with one attached hydrogen (secondary N) is 1. The fourth-order valence-electron chi connectivity index (χ4n) is 0.309. The molecule has 1 N–H and O–H groups in total. The van der Waals surface area contributed by atoms with Crippen molar-refractivity contribution in [3.63, 3.8) is 0 Å². The molecule has 0 aromatic rings. The zero-order valence-corrected chi connectivity index (χ0v) is 7.01. The Morgan fingerprint density at radius 1 is 1.55 bits per heavy atom. The van der Waals surface area contributed by atoms with Gasteiger partial charge in [-0.25, -0.2) is 0 Å². The lowest BCUT2D eigenvalue weighted by Crippen LogP contribution is -2.34. The molecule has 1 unspecified atom stereocenters. The van der Waals surface area contributed by atoms with Crippen LogP contribution in [0, 0.1) is 0 Å². The second kappa shape index (κ2) is 4.85. The van der Waals surface area contributed by atoms with Gasteiger partial charge in [0.2, 0.25) is 0 Å². The number of hydrogen-bond acceptors (Lipinski definition) is 4. The molecule has 0 saturated heterocycles. The van der Waals surface area contributed by atoms with Crippen molar-refractivity contribution < 1.29 is 14.4 Å². The summed E-state index contributed by atoms with van der Waals surface area (Å²) in [6, 6.07) is -0.425. The molecule has 4 heteroatoms. The molecule has 64 valence electrons. The Labute approximate surface area is 65.9 Å². The second-order valence-electron chi connectivity index (χ2n) is 2.28. The summed E-state index contributed by atoms with van der Waals surface area (Å²) in [5.41, 5.74) is 2.33. The largest absolute Gasteiger partial charge is 0.370 e. The van der Waals surface area contributed by atoms with Crippen LogP contribution < -0.4 is 5.48 Å². The van der Waals surface area contributed by atoms with Crippen molar-refractivity contribution in [1.29, 1.82) is 0 Å². The lowest BCUT2D eigenvalue weighted by molar-refractivity contribution is -0.153. The van der Waals surface area contributed by atoms with Gasteiger partial charge >= 0.3 is 5.97 Å². The third kappa shape index (κ3) is 4.50. The first kappa shape index (κ1) is 10.1. The third-order valence-corrected chi connectivity index (χ3v) is 1.25. The summed E-state index contributed by atoms with van der Waals surface area (Å²) >= 11 is 0. The second-order valence-corrected chi connectivity index (χ2v) is 2.28. The fraction of sp³-hybridized carbons (Fsp3) is 0.714. The first-order chi connectivity index (χ1) is 5.07. The summed E-state index contributed by atoms with van der Waals surface area (Å²) in [5, 5.41) is 0. The van der Waals surface area contributed by atoms with Gasteiger partial charge in [-0.15, -0.1) is 5.48 Å². The standard InChI is InChI=1S/C7H13NO3/c1-4-7(10)11-8-5(2)6(3)9/h5,8H,4H2,1-3H3. The highest BCUT2D eigenvalue weighted by molar-refractivity contribution is 5.81. The predicted octanol–water partition coefficient (Wildman–Crippen LogP) is 0.422. The smallest absolute Gasteiger partial charge is 0.324 e. The van der Waals surface area contributed by atoms with Gasteiger partial charge in [-0.05, 0) is 13.8 Å². The molecule has 0 fully saturated rings. The molecule has 0 aromatic heterocycles. The van der Waals surface area contributed by atoms with E-state index in [1.807, 2.05) is 0 Å². The van der Waals surface area contributed by atoms with Gasteiger partial charge in [0.05, 0.1) is 6.04 Å². The van der Waals surface area contributed by atoms with E-state index in [1.54, 1.807) is 13.8 Å². The maximum absolute atomic E-state index is 10.6. The molecule has 0 aliphatic rings. The predicted molar refractivity (Wildman–Crippen MR) is 39.7 cm³/mol. The molecular formula is C7H13NO3. The summed E-state index contributed by atoms with van der Waals surface area (Å²) < 4.78 is 0. The van der Waals surface area contributed by atoms with E-state index in [1.165, 1.54) is 6.92 Å². The van der Waals surface area contributed by atoms with Crippen molar-refractivity contribution in [3.05, 3.63) is 0 Å². The lowest BCUT2D eigenvalue weighted by Gasteiger charge is -2.08. The van der Waals surface area contributed by atoms with E-state index in [-0.39, 0.29) is 11.8 Å². The average molecular weight is 159 g/mol. The topological polar surface area (TPSA) is 55.4 Å². The average Bonchev–Trinajstić information content (AvgIpc) is 1.99. The maximum Gasteiger partial charge on any atom is 0.324 e. The molecule has 4 nitrogen and oxygen atoms in total. The van der Waals surface area contributed by atoms with Gasteiger partial charge in [0.25, 0.3) is 0 Å². The quantitative estimate of drug-likeness (QED) is 0.604. The number of carbonyl (C=O) groups excluding carboxylic acids is 2. The molecule has 0 bridgehead atoms. The van der Waals surface area contributed by atoms with Crippen molar-refractivity contribution in [2.45, 2.75) is 33.2 Å². The van der Waals surface area contributed by atoms with Gasteiger partial charge in [-0.1, -0.05) is 6.92 Å². The molecule has 0 spiro atoms. The number of hydroxylamine groups is 1. The van der Waals surface area contributed by atoms with Gasteiger partial charge in [-0.2, -0.15) is 0 Å². The van der Waals surface area contributed by atoms with Crippen molar-refractivity contribution in [1.82, 2.24) is 5.48 Å². The molecule has 0 aromatic carbocycles. The van der Waals surface area contributed by atoms with Crippen molar-refractivity contribution in [2.75, 3.05) is 0 Å². The van der Waals surface area contributed by atoms with Crippen LogP contribution in [0.1, 0.15) is 27.2 Å². The van der Waals surface area contributed by atoms with E-state index in [0.717, 1.165) is 0 Å². The van der Waals surface area contributed by atoms with Gasteiger partial charge in [0.1, 0.15) is 5.78 Å². The Morgan fingerprint density at radius 3 is 2.45 bits per heavy atom. The summed E-state index contributed by atoms with van der Waals surface area (Å²) in [6.45, 7) is 4.74. The Balaban J connectivity index is 3.54. The third-order valence-electron chi connectivity index (χ3n) is 1.25. The normalized spacial score (nSPS) is 12.3. The van der Waals surface area contributed by atoms with E-state index in [0.29, 0.717) is 6.42 Å². The van der Waals surface area contributed by atoms with E-state index < -0.39 is 6.04 Å². The van der Waals surface area contributed by atoms with Crippen molar-refractivity contribution >= 4 is 11.8 Å². The van der Waals surface area contributed by atoms with E-state index in [2.05, 4.69) is 10.3 Å². The highest BCUT2D eigenvalue weighted by atomic mass is 16.7. The highest BCUT2D eigenvalue weighted by Gasteiger charge is 2.08. The number of carbonyl (C=O) groups is 2. The summed E-state index contributed by atoms with van der Waals surface area (Å²) in [7, 11) is 0. The van der Waals surface area contributed by atoms with Gasteiger partial charge in [0.15, 0.2) is 0 Å². The SMILES string of the molecule is CCC(=O)ONC(C)C(C)=O. The molecule has 0 saturated carbocycles. The van der Waals surface area contributed by atoms with Crippen LogP contribution in [0.2, 0.25) is 0 Å². The van der Waals surface area contributed by atoms with Crippen molar-refractivity contribution in [2.24, 2.45) is 0 Å². The Kier molecular flexibility index (Phi) is 4.45. The molecule has 1 atom stereocenters. The molecular weight excluding hydrogens is 146 g/mol. The highest BCUT2D eigenvalue weighted by Crippen LogP contribution is 1.86. The van der Waals surface area contributed by atoms with Crippen LogP contribution in [-0.4, -0.2) is 17.8 Å². The van der Waals surface area contributed by atoms with Crippen LogP contribution in [-0.2, 0) is 14.4 Å². The molecule has 0 aliphatic heterocycles. The minimum Gasteiger partial charge on any atom is -0.370 e. The number of hydrogen-bond donors (Lipinski definition) is 1. The monoisotopic (exact) mass is 159 g/mol. The first-order valence-corrected chi connectivity index (χ1v) is 3.53. The summed E-state index contributed by atoms with van der Waals surface area (Å²) in [6.07, 6.45) is 0.303. The lowest BCUT2D eigenvalue weighted by atomic mass is 10.3. The van der Waals surface area contributed by atoms with E-state index in [9.17, 15) is 9.59 Å². The zero-order valence-electron chi connectivity index (χ0n) is 7.01. The van der Waals surface area contributed by atoms with Crippen LogP contribution >= 0.6 is 0 Å². The van der Waals surface area contributed by atoms with Gasteiger partial charge < -0.3 is 4.84 Å². The van der Waals surface area contributed by atoms with Crippen LogP contribution in [0.5, 0.6) is 0 Å². The molecule has 0 radical (unpaired) electrons. The van der Waals surface area contributed by atoms with Gasteiger partial charge in [0, 0.05) is 6.42 Å². The summed E-state index contributed by atoms with van der Waals surface area (Å²) in [4.78, 5) is 25.6. The fourth-order valence-corrected chi connectivity index (χ4v) is 0.309. The number of ketones is 1. The van der Waals surface area contributed by atoms with Crippen LogP contribution in [0.15, 0.2) is 0 Å². The minimum atomic E-state index is -0.425. The zero-order chi connectivity index (χ0) is 8.85. The van der Waals surface area contributed by atoms with Crippen LogP contribution in [0.4, 0.5) is 0 Å². The molecule has 0 aliphatic carbocycles. The Bertz CT molecular complexity index is 156. The Hall–Kier alpha value is -0.900. The molecule has 11 heavy (non-hydrogen) atoms. The molecule has 0 heterocycles. The number of rotatable bonds is 4. The molecule has 0 amide bonds. The number of Topliss-reactive ketones (excluding diaryl/α,β-unsaturated/α-hetero) is 1. The van der Waals surface area contributed by atoms with Crippen LogP contribution in [0.3, 0.4) is 0 Å². The first-order valence-electron chi connectivity index (χ1n) is 3.53. The van der Waals surface area contributed by atoms with E-state index >= 15 is 0 Å².